The maximum Gasteiger partial charge on any atom is 0.156 e. The second kappa shape index (κ2) is 7.70. The minimum atomic E-state index is -0.739. The quantitative estimate of drug-likeness (QED) is 0.530. The van der Waals surface area contributed by atoms with E-state index in [1.807, 2.05) is 19.1 Å². The third-order valence-corrected chi connectivity index (χ3v) is 9.20. The first-order valence-electron chi connectivity index (χ1n) is 12.4. The van der Waals surface area contributed by atoms with Crippen LogP contribution in [0.4, 0.5) is 0 Å². The summed E-state index contributed by atoms with van der Waals surface area (Å²) in [5.74, 6) is 1.58. The summed E-state index contributed by atoms with van der Waals surface area (Å²) in [5.41, 5.74) is 7.08. The van der Waals surface area contributed by atoms with Crippen molar-refractivity contribution < 1.29 is 9.90 Å². The molecule has 4 aliphatic carbocycles. The number of fused-ring (bicyclic) bond motifs is 4. The van der Waals surface area contributed by atoms with Crippen molar-refractivity contribution in [2.45, 2.75) is 77.2 Å². The maximum absolute atomic E-state index is 12.2. The smallest absolute Gasteiger partial charge is 0.156 e. The SMILES string of the molecule is C=C(C)c1ccc([C@H]2C[C@@]3(C)[C@@H](CC[C@@]3(O)/C=C\C)[C@@H]3CCC4=CC(=O)CCC4=C32)cc1. The van der Waals surface area contributed by atoms with Crippen LogP contribution in [0.15, 0.2) is 65.8 Å². The van der Waals surface area contributed by atoms with E-state index in [0.29, 0.717) is 24.2 Å². The van der Waals surface area contributed by atoms with Crippen molar-refractivity contribution in [2.75, 3.05) is 0 Å². The Kier molecular flexibility index (Phi) is 5.21. The zero-order valence-corrected chi connectivity index (χ0v) is 19.8. The fraction of sp³-hybridized carbons (Fsp3) is 0.500. The van der Waals surface area contributed by atoms with Crippen molar-refractivity contribution >= 4 is 11.4 Å². The van der Waals surface area contributed by atoms with Gasteiger partial charge in [-0.3, -0.25) is 4.79 Å². The van der Waals surface area contributed by atoms with E-state index in [0.717, 1.165) is 44.1 Å². The van der Waals surface area contributed by atoms with Gasteiger partial charge in [0.25, 0.3) is 0 Å². The number of aliphatic hydroxyl groups is 1. The summed E-state index contributed by atoms with van der Waals surface area (Å²) in [6.45, 7) is 10.5. The van der Waals surface area contributed by atoms with Crippen molar-refractivity contribution in [3.05, 3.63) is 76.9 Å². The molecule has 5 rings (SSSR count). The van der Waals surface area contributed by atoms with Crippen LogP contribution in [0.5, 0.6) is 0 Å². The van der Waals surface area contributed by atoms with Crippen LogP contribution >= 0.6 is 0 Å². The number of rotatable bonds is 3. The molecule has 0 unspecified atom stereocenters. The molecule has 32 heavy (non-hydrogen) atoms. The molecule has 0 aliphatic heterocycles. The molecule has 1 aromatic carbocycles. The minimum absolute atomic E-state index is 0.141. The summed E-state index contributed by atoms with van der Waals surface area (Å²) in [4.78, 5) is 12.2. The molecule has 168 valence electrons. The van der Waals surface area contributed by atoms with E-state index in [2.05, 4.69) is 50.8 Å². The Bertz CT molecular complexity index is 1050. The van der Waals surface area contributed by atoms with Gasteiger partial charge < -0.3 is 5.11 Å². The number of carbonyl (C=O) groups excluding carboxylic acids is 1. The lowest BCUT2D eigenvalue weighted by molar-refractivity contribution is -0.114. The van der Waals surface area contributed by atoms with Crippen LogP contribution in [0.25, 0.3) is 5.57 Å². The van der Waals surface area contributed by atoms with Crippen molar-refractivity contribution in [1.82, 2.24) is 0 Å². The molecule has 0 spiro atoms. The van der Waals surface area contributed by atoms with Crippen LogP contribution in [-0.2, 0) is 4.79 Å². The highest BCUT2D eigenvalue weighted by molar-refractivity contribution is 5.93. The largest absolute Gasteiger partial charge is 0.385 e. The molecule has 0 saturated heterocycles. The maximum atomic E-state index is 12.2. The molecule has 2 saturated carbocycles. The average Bonchev–Trinajstić information content (AvgIpc) is 3.03. The molecule has 5 atom stereocenters. The van der Waals surface area contributed by atoms with Gasteiger partial charge in [0.2, 0.25) is 0 Å². The Morgan fingerprint density at radius 3 is 2.59 bits per heavy atom. The van der Waals surface area contributed by atoms with Gasteiger partial charge in [0.05, 0.1) is 5.60 Å². The van der Waals surface area contributed by atoms with Gasteiger partial charge in [-0.1, -0.05) is 61.1 Å². The van der Waals surface area contributed by atoms with E-state index in [1.165, 1.54) is 22.3 Å². The molecular formula is C30H36O2. The highest BCUT2D eigenvalue weighted by atomic mass is 16.3. The standard InChI is InChI=1S/C30H36O2/c1-5-15-30(32)16-14-27-25-12-10-22-17-23(31)11-13-24(22)28(25)26(18-29(27,30)4)21-8-6-20(7-9-21)19(2)3/h5-9,15,17,25-27,32H,2,10-14,16,18H2,1,3-4H3/b15-5-/t25-,26+,27-,29-,30-/m0/s1. The topological polar surface area (TPSA) is 37.3 Å². The highest BCUT2D eigenvalue weighted by Crippen LogP contribution is 2.67. The summed E-state index contributed by atoms with van der Waals surface area (Å²) in [7, 11) is 0. The third-order valence-electron chi connectivity index (χ3n) is 9.20. The molecular weight excluding hydrogens is 392 g/mol. The molecule has 0 radical (unpaired) electrons. The van der Waals surface area contributed by atoms with Gasteiger partial charge in [-0.15, -0.1) is 0 Å². The zero-order valence-electron chi connectivity index (χ0n) is 19.8. The predicted molar refractivity (Wildman–Crippen MR) is 131 cm³/mol. The molecule has 1 aromatic rings. The molecule has 2 fully saturated rings. The van der Waals surface area contributed by atoms with Crippen LogP contribution in [0, 0.1) is 17.3 Å². The Morgan fingerprint density at radius 2 is 1.91 bits per heavy atom. The van der Waals surface area contributed by atoms with Crippen molar-refractivity contribution in [1.29, 1.82) is 0 Å². The number of carbonyl (C=O) groups is 1. The van der Waals surface area contributed by atoms with Crippen molar-refractivity contribution in [2.24, 2.45) is 17.3 Å². The molecule has 0 bridgehead atoms. The van der Waals surface area contributed by atoms with E-state index in [-0.39, 0.29) is 11.2 Å². The Balaban J connectivity index is 1.67. The van der Waals surface area contributed by atoms with Crippen LogP contribution < -0.4 is 0 Å². The van der Waals surface area contributed by atoms with Gasteiger partial charge in [-0.05, 0) is 92.6 Å². The number of ketones is 1. The molecule has 4 aliphatic rings. The van der Waals surface area contributed by atoms with Gasteiger partial charge >= 0.3 is 0 Å². The highest BCUT2D eigenvalue weighted by Gasteiger charge is 2.61. The fourth-order valence-corrected chi connectivity index (χ4v) is 7.55. The lowest BCUT2D eigenvalue weighted by Gasteiger charge is -2.54. The minimum Gasteiger partial charge on any atom is -0.385 e. The first-order valence-corrected chi connectivity index (χ1v) is 12.4. The zero-order chi connectivity index (χ0) is 22.7. The van der Waals surface area contributed by atoms with Crippen LogP contribution in [-0.4, -0.2) is 16.5 Å². The lowest BCUT2D eigenvalue weighted by atomic mass is 9.51. The van der Waals surface area contributed by atoms with Gasteiger partial charge in [0.1, 0.15) is 0 Å². The third kappa shape index (κ3) is 3.14. The molecule has 2 heteroatoms. The summed E-state index contributed by atoms with van der Waals surface area (Å²) in [6.07, 6.45) is 12.6. The summed E-state index contributed by atoms with van der Waals surface area (Å²) < 4.78 is 0. The van der Waals surface area contributed by atoms with E-state index >= 15 is 0 Å². The molecule has 2 nitrogen and oxygen atoms in total. The summed E-state index contributed by atoms with van der Waals surface area (Å²) in [5, 5.41) is 11.8. The van der Waals surface area contributed by atoms with Crippen molar-refractivity contribution in [3.63, 3.8) is 0 Å². The monoisotopic (exact) mass is 428 g/mol. The number of allylic oxidation sites excluding steroid dienone is 6. The van der Waals surface area contributed by atoms with E-state index < -0.39 is 5.60 Å². The fourth-order valence-electron chi connectivity index (χ4n) is 7.55. The molecule has 0 amide bonds. The van der Waals surface area contributed by atoms with Gasteiger partial charge in [0, 0.05) is 17.8 Å². The summed E-state index contributed by atoms with van der Waals surface area (Å²) >= 11 is 0. The van der Waals surface area contributed by atoms with E-state index in [4.69, 9.17) is 0 Å². The Labute approximate surface area is 192 Å². The van der Waals surface area contributed by atoms with E-state index in [9.17, 15) is 9.90 Å². The molecule has 1 N–H and O–H groups in total. The van der Waals surface area contributed by atoms with Gasteiger partial charge in [-0.2, -0.15) is 0 Å². The number of hydrogen-bond acceptors (Lipinski definition) is 2. The normalized spacial score (nSPS) is 36.6. The Hall–Kier alpha value is -2.19. The predicted octanol–water partition coefficient (Wildman–Crippen LogP) is 6.93. The van der Waals surface area contributed by atoms with Gasteiger partial charge in [-0.25, -0.2) is 0 Å². The molecule has 0 heterocycles. The lowest BCUT2D eigenvalue weighted by Crippen LogP contribution is -2.50. The van der Waals surface area contributed by atoms with Crippen LogP contribution in [0.2, 0.25) is 0 Å². The first-order chi connectivity index (χ1) is 15.3. The van der Waals surface area contributed by atoms with Crippen LogP contribution in [0.3, 0.4) is 0 Å². The molecule has 0 aromatic heterocycles. The van der Waals surface area contributed by atoms with Crippen molar-refractivity contribution in [3.8, 4) is 0 Å². The second-order valence-electron chi connectivity index (χ2n) is 10.9. The van der Waals surface area contributed by atoms with Gasteiger partial charge in [0.15, 0.2) is 5.78 Å². The number of benzene rings is 1. The average molecular weight is 429 g/mol. The summed E-state index contributed by atoms with van der Waals surface area (Å²) in [6, 6.07) is 8.95. The van der Waals surface area contributed by atoms with Crippen LogP contribution in [0.1, 0.15) is 82.8 Å². The Morgan fingerprint density at radius 1 is 1.16 bits per heavy atom. The van der Waals surface area contributed by atoms with E-state index in [1.54, 1.807) is 5.57 Å². The second-order valence-corrected chi connectivity index (χ2v) is 10.9. The first kappa shape index (κ1) is 21.6. The number of hydrogen-bond donors (Lipinski definition) is 1.